The van der Waals surface area contributed by atoms with Gasteiger partial charge in [-0.1, -0.05) is 6.92 Å². The molecule has 134 valence electrons. The number of alkyl halides is 3. The molecule has 0 bridgehead atoms. The van der Waals surface area contributed by atoms with Crippen molar-refractivity contribution in [1.29, 1.82) is 0 Å². The summed E-state index contributed by atoms with van der Waals surface area (Å²) in [4.78, 5) is 25.2. The minimum absolute atomic E-state index is 0.0799. The number of piperidine rings is 1. The molecule has 0 saturated carbocycles. The second kappa shape index (κ2) is 6.82. The van der Waals surface area contributed by atoms with Crippen LogP contribution in [0, 0.1) is 18.8 Å². The maximum Gasteiger partial charge on any atom is 0.435 e. The molecule has 0 aromatic carbocycles. The molecule has 1 atom stereocenters. The monoisotopic (exact) mass is 346 g/mol. The number of carbonyl (C=O) groups excluding carboxylic acids is 2. The van der Waals surface area contributed by atoms with Crippen molar-refractivity contribution >= 4 is 11.8 Å². The SMILES string of the molecule is Cc1cc(C(F)(F)F)nn1CC(C)C(=O)N1CCC(C(N)=O)CC1. The summed E-state index contributed by atoms with van der Waals surface area (Å²) in [5.41, 5.74) is 4.66. The molecule has 2 heterocycles. The van der Waals surface area contributed by atoms with Crippen molar-refractivity contribution in [2.75, 3.05) is 13.1 Å². The first kappa shape index (κ1) is 18.3. The fraction of sp³-hybridized carbons (Fsp3) is 0.667. The molecule has 0 aliphatic carbocycles. The number of carbonyl (C=O) groups is 2. The summed E-state index contributed by atoms with van der Waals surface area (Å²) < 4.78 is 39.3. The van der Waals surface area contributed by atoms with E-state index in [-0.39, 0.29) is 24.3 Å². The molecule has 1 aromatic rings. The molecule has 2 amide bonds. The predicted octanol–water partition coefficient (Wildman–Crippen LogP) is 1.57. The van der Waals surface area contributed by atoms with Crippen LogP contribution in [0.2, 0.25) is 0 Å². The van der Waals surface area contributed by atoms with E-state index in [1.165, 1.54) is 11.6 Å². The minimum Gasteiger partial charge on any atom is -0.369 e. The average Bonchev–Trinajstić information content (AvgIpc) is 2.87. The first-order valence-electron chi connectivity index (χ1n) is 7.79. The highest BCUT2D eigenvalue weighted by Crippen LogP contribution is 2.28. The Morgan fingerprint density at radius 2 is 1.96 bits per heavy atom. The van der Waals surface area contributed by atoms with Crippen LogP contribution in [0.4, 0.5) is 13.2 Å². The lowest BCUT2D eigenvalue weighted by Crippen LogP contribution is -2.44. The van der Waals surface area contributed by atoms with Gasteiger partial charge in [0, 0.05) is 24.7 Å². The van der Waals surface area contributed by atoms with Crippen molar-refractivity contribution < 1.29 is 22.8 Å². The van der Waals surface area contributed by atoms with Gasteiger partial charge < -0.3 is 10.6 Å². The highest BCUT2D eigenvalue weighted by Gasteiger charge is 2.35. The summed E-state index contributed by atoms with van der Waals surface area (Å²) in [5.74, 6) is -1.23. The van der Waals surface area contributed by atoms with Crippen LogP contribution >= 0.6 is 0 Å². The maximum atomic E-state index is 12.7. The van der Waals surface area contributed by atoms with Crippen LogP contribution in [0.1, 0.15) is 31.2 Å². The largest absolute Gasteiger partial charge is 0.435 e. The Balaban J connectivity index is 1.97. The van der Waals surface area contributed by atoms with E-state index >= 15 is 0 Å². The molecule has 6 nitrogen and oxygen atoms in total. The van der Waals surface area contributed by atoms with Crippen molar-refractivity contribution in [2.45, 2.75) is 39.4 Å². The third kappa shape index (κ3) is 4.07. The normalized spacial score (nSPS) is 17.8. The van der Waals surface area contributed by atoms with Gasteiger partial charge in [-0.15, -0.1) is 0 Å². The van der Waals surface area contributed by atoms with E-state index in [0.29, 0.717) is 31.6 Å². The summed E-state index contributed by atoms with van der Waals surface area (Å²) in [7, 11) is 0. The van der Waals surface area contributed by atoms with Gasteiger partial charge in [-0.25, -0.2) is 0 Å². The Labute approximate surface area is 137 Å². The average molecular weight is 346 g/mol. The number of nitrogens with two attached hydrogens (primary N) is 1. The lowest BCUT2D eigenvalue weighted by molar-refractivity contribution is -0.141. The van der Waals surface area contributed by atoms with Crippen molar-refractivity contribution in [1.82, 2.24) is 14.7 Å². The number of halogens is 3. The molecule has 9 heteroatoms. The summed E-state index contributed by atoms with van der Waals surface area (Å²) in [5, 5.41) is 3.54. The summed E-state index contributed by atoms with van der Waals surface area (Å²) in [6, 6.07) is 0.968. The molecule has 0 spiro atoms. The molecule has 1 aromatic heterocycles. The number of hydrogen-bond donors (Lipinski definition) is 1. The smallest absolute Gasteiger partial charge is 0.369 e. The van der Waals surface area contributed by atoms with E-state index < -0.39 is 17.8 Å². The summed E-state index contributed by atoms with van der Waals surface area (Å²) >= 11 is 0. The third-order valence-corrected chi connectivity index (χ3v) is 4.35. The second-order valence-electron chi connectivity index (χ2n) is 6.25. The predicted molar refractivity (Wildman–Crippen MR) is 79.6 cm³/mol. The Hall–Kier alpha value is -2.06. The molecule has 1 saturated heterocycles. The molecule has 1 unspecified atom stereocenters. The Morgan fingerprint density at radius 3 is 2.42 bits per heavy atom. The highest BCUT2D eigenvalue weighted by molar-refractivity contribution is 5.80. The van der Waals surface area contributed by atoms with E-state index in [0.717, 1.165) is 6.07 Å². The number of primary amides is 1. The van der Waals surface area contributed by atoms with E-state index in [1.807, 2.05) is 0 Å². The van der Waals surface area contributed by atoms with Gasteiger partial charge in [0.1, 0.15) is 0 Å². The van der Waals surface area contributed by atoms with Gasteiger partial charge in [0.25, 0.3) is 0 Å². The zero-order valence-electron chi connectivity index (χ0n) is 13.6. The zero-order valence-corrected chi connectivity index (χ0v) is 13.6. The van der Waals surface area contributed by atoms with Gasteiger partial charge in [-0.2, -0.15) is 18.3 Å². The van der Waals surface area contributed by atoms with Crippen LogP contribution in [-0.4, -0.2) is 39.6 Å². The van der Waals surface area contributed by atoms with E-state index in [2.05, 4.69) is 5.10 Å². The van der Waals surface area contributed by atoms with Crippen molar-refractivity contribution in [3.8, 4) is 0 Å². The van der Waals surface area contributed by atoms with Crippen molar-refractivity contribution in [3.63, 3.8) is 0 Å². The van der Waals surface area contributed by atoms with Gasteiger partial charge in [0.15, 0.2) is 5.69 Å². The number of aryl methyl sites for hydroxylation is 1. The fourth-order valence-electron chi connectivity index (χ4n) is 2.87. The molecule has 24 heavy (non-hydrogen) atoms. The van der Waals surface area contributed by atoms with Crippen LogP contribution in [-0.2, 0) is 22.3 Å². The van der Waals surface area contributed by atoms with Gasteiger partial charge in [-0.3, -0.25) is 14.3 Å². The maximum absolute atomic E-state index is 12.7. The standard InChI is InChI=1S/C15H21F3N4O2/c1-9(8-22-10(2)7-12(20-22)15(16,17)18)14(24)21-5-3-11(4-6-21)13(19)23/h7,9,11H,3-6,8H2,1-2H3,(H2,19,23). The highest BCUT2D eigenvalue weighted by atomic mass is 19.4. The lowest BCUT2D eigenvalue weighted by atomic mass is 9.95. The Kier molecular flexibility index (Phi) is 5.19. The number of likely N-dealkylation sites (tertiary alicyclic amines) is 1. The van der Waals surface area contributed by atoms with Gasteiger partial charge in [-0.05, 0) is 25.8 Å². The molecular weight excluding hydrogens is 325 g/mol. The first-order chi connectivity index (χ1) is 11.1. The molecule has 1 aliphatic rings. The third-order valence-electron chi connectivity index (χ3n) is 4.35. The summed E-state index contributed by atoms with van der Waals surface area (Å²) in [6.07, 6.45) is -3.46. The van der Waals surface area contributed by atoms with Crippen LogP contribution in [0.3, 0.4) is 0 Å². The van der Waals surface area contributed by atoms with Crippen LogP contribution in [0.5, 0.6) is 0 Å². The Bertz CT molecular complexity index is 619. The van der Waals surface area contributed by atoms with Crippen LogP contribution < -0.4 is 5.73 Å². The summed E-state index contributed by atoms with van der Waals surface area (Å²) in [6.45, 7) is 4.14. The Morgan fingerprint density at radius 1 is 1.38 bits per heavy atom. The molecule has 1 fully saturated rings. The van der Waals surface area contributed by atoms with Gasteiger partial charge in [0.2, 0.25) is 11.8 Å². The number of hydrogen-bond acceptors (Lipinski definition) is 3. The number of nitrogens with zero attached hydrogens (tertiary/aromatic N) is 3. The van der Waals surface area contributed by atoms with E-state index in [1.54, 1.807) is 11.8 Å². The minimum atomic E-state index is -4.50. The molecular formula is C15H21F3N4O2. The number of amides is 2. The van der Waals surface area contributed by atoms with Crippen LogP contribution in [0.25, 0.3) is 0 Å². The lowest BCUT2D eigenvalue weighted by Gasteiger charge is -2.32. The molecule has 2 N–H and O–H groups in total. The van der Waals surface area contributed by atoms with Gasteiger partial charge in [0.05, 0.1) is 12.5 Å². The second-order valence-corrected chi connectivity index (χ2v) is 6.25. The molecule has 0 radical (unpaired) electrons. The zero-order chi connectivity index (χ0) is 18.1. The topological polar surface area (TPSA) is 81.2 Å². The van der Waals surface area contributed by atoms with Crippen molar-refractivity contribution in [3.05, 3.63) is 17.5 Å². The van der Waals surface area contributed by atoms with Crippen LogP contribution in [0.15, 0.2) is 6.07 Å². The van der Waals surface area contributed by atoms with E-state index in [4.69, 9.17) is 5.73 Å². The fourth-order valence-corrected chi connectivity index (χ4v) is 2.87. The quantitative estimate of drug-likeness (QED) is 0.898. The first-order valence-corrected chi connectivity index (χ1v) is 7.79. The molecule has 2 rings (SSSR count). The number of rotatable bonds is 4. The van der Waals surface area contributed by atoms with Gasteiger partial charge >= 0.3 is 6.18 Å². The van der Waals surface area contributed by atoms with Crippen molar-refractivity contribution in [2.24, 2.45) is 17.6 Å². The number of aromatic nitrogens is 2. The molecule has 1 aliphatic heterocycles. The van der Waals surface area contributed by atoms with E-state index in [9.17, 15) is 22.8 Å².